The molecule has 0 aromatic rings. The monoisotopic (exact) mass is 472 g/mol. The van der Waals surface area contributed by atoms with Crippen LogP contribution in [-0.2, 0) is 35.4 Å². The smallest absolute Gasteiger partial charge is 0.319 e. The summed E-state index contributed by atoms with van der Waals surface area (Å²) in [6, 6.07) is 2.94. The second kappa shape index (κ2) is 11.8. The SMILES string of the molecule is COCC[Si]1(C)O[Si](C)(CCOC)O[Si](C)(CCOC)O[Si](C)(CCOC)O1. The van der Waals surface area contributed by atoms with Crippen LogP contribution in [0, 0.1) is 0 Å². The zero-order chi connectivity index (χ0) is 21.3. The molecule has 0 atom stereocenters. The zero-order valence-corrected chi connectivity index (χ0v) is 22.9. The summed E-state index contributed by atoms with van der Waals surface area (Å²) in [7, 11) is -3.51. The lowest BCUT2D eigenvalue weighted by molar-refractivity contribution is 0.165. The van der Waals surface area contributed by atoms with Crippen molar-refractivity contribution in [2.75, 3.05) is 54.9 Å². The lowest BCUT2D eigenvalue weighted by Gasteiger charge is -2.50. The molecule has 0 aromatic heterocycles. The molecule has 1 heterocycles. The molecule has 0 spiro atoms. The van der Waals surface area contributed by atoms with E-state index < -0.39 is 34.2 Å². The molecule has 0 aliphatic carbocycles. The third-order valence-electron chi connectivity index (χ3n) is 4.77. The van der Waals surface area contributed by atoms with Gasteiger partial charge >= 0.3 is 34.2 Å². The predicted molar refractivity (Wildman–Crippen MR) is 118 cm³/mol. The number of hydrogen-bond donors (Lipinski definition) is 0. The molecule has 8 nitrogen and oxygen atoms in total. The van der Waals surface area contributed by atoms with Crippen LogP contribution < -0.4 is 0 Å². The Kier molecular flexibility index (Phi) is 11.2. The van der Waals surface area contributed by atoms with Gasteiger partial charge in [0.15, 0.2) is 0 Å². The first kappa shape index (κ1) is 26.6. The first-order valence-electron chi connectivity index (χ1n) is 9.83. The Bertz CT molecular complexity index is 368. The van der Waals surface area contributed by atoms with Crippen LogP contribution in [0.2, 0.25) is 50.4 Å². The highest BCUT2D eigenvalue weighted by Gasteiger charge is 2.56. The van der Waals surface area contributed by atoms with Crippen molar-refractivity contribution >= 4 is 34.2 Å². The second-order valence-corrected chi connectivity index (χ2v) is 22.3. The van der Waals surface area contributed by atoms with E-state index in [0.717, 1.165) is 24.2 Å². The average Bonchev–Trinajstić information content (AvgIpc) is 2.60. The van der Waals surface area contributed by atoms with Gasteiger partial charge in [-0.15, -0.1) is 0 Å². The standard InChI is InChI=1S/C16H40O8Si4/c1-17-9-13-25(5)21-26(6,14-10-18-2)23-28(8,16-12-20-4)24-27(7,22-25)15-11-19-3/h9-16H2,1-8H3. The van der Waals surface area contributed by atoms with E-state index >= 15 is 0 Å². The van der Waals surface area contributed by atoms with Crippen molar-refractivity contribution in [2.45, 2.75) is 50.4 Å². The molecule has 1 saturated heterocycles. The zero-order valence-electron chi connectivity index (χ0n) is 18.9. The average molecular weight is 473 g/mol. The summed E-state index contributed by atoms with van der Waals surface area (Å²) in [5.41, 5.74) is 0. The van der Waals surface area contributed by atoms with Crippen molar-refractivity contribution in [1.82, 2.24) is 0 Å². The highest BCUT2D eigenvalue weighted by molar-refractivity contribution is 6.93. The Labute approximate surface area is 175 Å². The van der Waals surface area contributed by atoms with E-state index in [1.165, 1.54) is 0 Å². The molecule has 0 saturated carbocycles. The van der Waals surface area contributed by atoms with E-state index in [-0.39, 0.29) is 0 Å². The first-order valence-corrected chi connectivity index (χ1v) is 19.9. The Balaban J connectivity index is 3.24. The summed E-state index contributed by atoms with van der Waals surface area (Å²) in [4.78, 5) is 0. The maximum Gasteiger partial charge on any atom is 0.319 e. The van der Waals surface area contributed by atoms with Gasteiger partial charge in [-0.2, -0.15) is 0 Å². The highest BCUT2D eigenvalue weighted by Crippen LogP contribution is 2.37. The molecule has 1 rings (SSSR count). The molecule has 0 unspecified atom stereocenters. The third-order valence-corrected chi connectivity index (χ3v) is 23.0. The Morgan fingerprint density at radius 3 is 0.750 bits per heavy atom. The molecule has 0 bridgehead atoms. The lowest BCUT2D eigenvalue weighted by Crippen LogP contribution is -2.68. The molecule has 0 N–H and O–H groups in total. The molecular formula is C16H40O8Si4. The topological polar surface area (TPSA) is 73.8 Å². The fraction of sp³-hybridized carbons (Fsp3) is 1.00. The fourth-order valence-corrected chi connectivity index (χ4v) is 25.8. The minimum atomic E-state index is -2.58. The van der Waals surface area contributed by atoms with Crippen LogP contribution in [0.5, 0.6) is 0 Å². The predicted octanol–water partition coefficient (Wildman–Crippen LogP) is 2.94. The van der Waals surface area contributed by atoms with Gasteiger partial charge in [0.25, 0.3) is 0 Å². The molecule has 0 radical (unpaired) electrons. The minimum Gasteiger partial charge on any atom is -0.415 e. The normalized spacial score (nSPS) is 36.9. The summed E-state index contributed by atoms with van der Waals surface area (Å²) >= 11 is 0. The molecule has 1 aliphatic rings. The van der Waals surface area contributed by atoms with Crippen molar-refractivity contribution in [3.05, 3.63) is 0 Å². The summed E-state index contributed by atoms with van der Waals surface area (Å²) in [6.07, 6.45) is 0. The van der Waals surface area contributed by atoms with E-state index in [1.54, 1.807) is 28.4 Å². The van der Waals surface area contributed by atoms with E-state index in [2.05, 4.69) is 26.2 Å². The van der Waals surface area contributed by atoms with Crippen LogP contribution in [0.1, 0.15) is 0 Å². The minimum absolute atomic E-state index is 0.588. The highest BCUT2D eigenvalue weighted by atomic mass is 28.5. The van der Waals surface area contributed by atoms with Gasteiger partial charge in [-0.1, -0.05) is 0 Å². The molecule has 1 aliphatic heterocycles. The third kappa shape index (κ3) is 8.73. The van der Waals surface area contributed by atoms with Crippen LogP contribution in [0.25, 0.3) is 0 Å². The van der Waals surface area contributed by atoms with Gasteiger partial charge < -0.3 is 35.4 Å². The van der Waals surface area contributed by atoms with Gasteiger partial charge in [-0.3, -0.25) is 0 Å². The quantitative estimate of drug-likeness (QED) is 0.401. The molecular weight excluding hydrogens is 433 g/mol. The van der Waals surface area contributed by atoms with E-state index in [4.69, 9.17) is 35.4 Å². The Morgan fingerprint density at radius 2 is 0.607 bits per heavy atom. The van der Waals surface area contributed by atoms with Crippen LogP contribution >= 0.6 is 0 Å². The van der Waals surface area contributed by atoms with Crippen LogP contribution in [-0.4, -0.2) is 89.1 Å². The van der Waals surface area contributed by atoms with E-state index in [0.29, 0.717) is 26.4 Å². The summed E-state index contributed by atoms with van der Waals surface area (Å²) < 4.78 is 48.6. The van der Waals surface area contributed by atoms with Gasteiger partial charge in [0.05, 0.1) is 0 Å². The van der Waals surface area contributed by atoms with Gasteiger partial charge in [0.2, 0.25) is 0 Å². The first-order chi connectivity index (χ1) is 13.1. The Morgan fingerprint density at radius 1 is 0.429 bits per heavy atom. The molecule has 28 heavy (non-hydrogen) atoms. The number of rotatable bonds is 12. The van der Waals surface area contributed by atoms with Crippen molar-refractivity contribution in [1.29, 1.82) is 0 Å². The number of ether oxygens (including phenoxy) is 4. The van der Waals surface area contributed by atoms with Crippen molar-refractivity contribution in [3.8, 4) is 0 Å². The maximum atomic E-state index is 6.80. The molecule has 0 aromatic carbocycles. The Hall–Kier alpha value is 0.548. The summed E-state index contributed by atoms with van der Waals surface area (Å²) in [5, 5.41) is 0. The fourth-order valence-electron chi connectivity index (χ4n) is 3.47. The summed E-state index contributed by atoms with van der Waals surface area (Å²) in [5.74, 6) is 0. The lowest BCUT2D eigenvalue weighted by atomic mass is 10.9. The molecule has 1 fully saturated rings. The second-order valence-electron chi connectivity index (χ2n) is 7.91. The molecule has 12 heteroatoms. The van der Waals surface area contributed by atoms with Crippen molar-refractivity contribution in [2.24, 2.45) is 0 Å². The van der Waals surface area contributed by atoms with Gasteiger partial charge in [0.1, 0.15) is 0 Å². The number of hydrogen-bond acceptors (Lipinski definition) is 8. The van der Waals surface area contributed by atoms with Gasteiger partial charge in [0, 0.05) is 79.0 Å². The maximum absolute atomic E-state index is 6.80. The van der Waals surface area contributed by atoms with Gasteiger partial charge in [-0.05, 0) is 26.2 Å². The van der Waals surface area contributed by atoms with Crippen molar-refractivity contribution < 1.29 is 35.4 Å². The van der Waals surface area contributed by atoms with E-state index in [9.17, 15) is 0 Å². The van der Waals surface area contributed by atoms with Gasteiger partial charge in [-0.25, -0.2) is 0 Å². The van der Waals surface area contributed by atoms with E-state index in [1.807, 2.05) is 0 Å². The largest absolute Gasteiger partial charge is 0.415 e. The number of methoxy groups -OCH3 is 4. The summed E-state index contributed by atoms with van der Waals surface area (Å²) in [6.45, 7) is 10.8. The van der Waals surface area contributed by atoms with Crippen molar-refractivity contribution in [3.63, 3.8) is 0 Å². The van der Waals surface area contributed by atoms with Crippen LogP contribution in [0.4, 0.5) is 0 Å². The molecule has 0 amide bonds. The van der Waals surface area contributed by atoms with Crippen LogP contribution in [0.15, 0.2) is 0 Å². The van der Waals surface area contributed by atoms with Crippen LogP contribution in [0.3, 0.4) is 0 Å². The molecule has 168 valence electrons.